The average molecular weight is 290 g/mol. The lowest BCUT2D eigenvalue weighted by atomic mass is 10.2. The lowest BCUT2D eigenvalue weighted by Crippen LogP contribution is -2.04. The van der Waals surface area contributed by atoms with E-state index >= 15 is 0 Å². The van der Waals surface area contributed by atoms with Crippen LogP contribution in [0.2, 0.25) is 0 Å². The number of nitrogens with two attached hydrogens (primary N) is 1. The highest BCUT2D eigenvalue weighted by atomic mass is 79.9. The highest BCUT2D eigenvalue weighted by molar-refractivity contribution is 9.10. The van der Waals surface area contributed by atoms with Gasteiger partial charge in [0.15, 0.2) is 0 Å². The molecule has 2 rings (SSSR count). The molecule has 0 atom stereocenters. The summed E-state index contributed by atoms with van der Waals surface area (Å²) in [5, 5.41) is 9.04. The third-order valence-electron chi connectivity index (χ3n) is 2.77. The maximum Gasteiger partial charge on any atom is 0.122 e. The zero-order chi connectivity index (χ0) is 12.4. The Kier molecular flexibility index (Phi) is 3.21. The van der Waals surface area contributed by atoms with Gasteiger partial charge in [-0.1, -0.05) is 28.1 Å². The lowest BCUT2D eigenvalue weighted by Gasteiger charge is -2.08. The van der Waals surface area contributed by atoms with Crippen LogP contribution in [0.3, 0.4) is 0 Å². The number of hydrogen-bond acceptors (Lipinski definition) is 2. The summed E-state index contributed by atoms with van der Waals surface area (Å²) >= 11 is 3.40. The van der Waals surface area contributed by atoms with Crippen molar-refractivity contribution in [3.63, 3.8) is 0 Å². The highest BCUT2D eigenvalue weighted by Gasteiger charge is 2.09. The Labute approximate surface area is 109 Å². The molecule has 0 amide bonds. The van der Waals surface area contributed by atoms with Crippen molar-refractivity contribution in [3.8, 4) is 6.07 Å². The van der Waals surface area contributed by atoms with Crippen molar-refractivity contribution >= 4 is 21.6 Å². The molecule has 0 bridgehead atoms. The number of hydrogen-bond donors (Lipinski definition) is 1. The maximum atomic E-state index is 9.04. The Balaban J connectivity index is 2.36. The molecule has 1 heterocycles. The Morgan fingerprint density at radius 3 is 2.59 bits per heavy atom. The van der Waals surface area contributed by atoms with Gasteiger partial charge in [-0.3, -0.25) is 0 Å². The van der Waals surface area contributed by atoms with Gasteiger partial charge in [0.05, 0.1) is 5.69 Å². The van der Waals surface area contributed by atoms with E-state index in [1.807, 2.05) is 35.8 Å². The second kappa shape index (κ2) is 4.64. The lowest BCUT2D eigenvalue weighted by molar-refractivity contribution is 0.766. The van der Waals surface area contributed by atoms with E-state index in [2.05, 4.69) is 22.0 Å². The largest absolute Gasteiger partial charge is 0.397 e. The second-order valence-electron chi connectivity index (χ2n) is 3.89. The first-order valence-corrected chi connectivity index (χ1v) is 6.01. The molecule has 17 heavy (non-hydrogen) atoms. The number of nitriles is 1. The van der Waals surface area contributed by atoms with Gasteiger partial charge >= 0.3 is 0 Å². The van der Waals surface area contributed by atoms with Crippen LogP contribution in [-0.4, -0.2) is 4.57 Å². The molecule has 0 aliphatic heterocycles. The first-order valence-electron chi connectivity index (χ1n) is 5.22. The fraction of sp³-hybridized carbons (Fsp3) is 0.154. The smallest absolute Gasteiger partial charge is 0.122 e. The van der Waals surface area contributed by atoms with E-state index in [1.54, 1.807) is 6.07 Å². The SMILES string of the molecule is Cc1c(N)cc(C#N)n1Cc1ccc(Br)cc1. The van der Waals surface area contributed by atoms with Crippen molar-refractivity contribution in [2.24, 2.45) is 0 Å². The minimum atomic E-state index is 0.600. The van der Waals surface area contributed by atoms with Crippen LogP contribution in [0.25, 0.3) is 0 Å². The molecule has 86 valence electrons. The second-order valence-corrected chi connectivity index (χ2v) is 4.81. The number of rotatable bonds is 2. The van der Waals surface area contributed by atoms with Gasteiger partial charge in [0, 0.05) is 16.7 Å². The zero-order valence-electron chi connectivity index (χ0n) is 9.44. The molecule has 0 saturated carbocycles. The number of nitrogens with zero attached hydrogens (tertiary/aromatic N) is 2. The third-order valence-corrected chi connectivity index (χ3v) is 3.30. The van der Waals surface area contributed by atoms with E-state index in [9.17, 15) is 0 Å². The fourth-order valence-corrected chi connectivity index (χ4v) is 2.00. The third kappa shape index (κ3) is 2.34. The number of anilines is 1. The first-order chi connectivity index (χ1) is 8.11. The Morgan fingerprint density at radius 1 is 1.35 bits per heavy atom. The molecule has 3 nitrogen and oxygen atoms in total. The minimum absolute atomic E-state index is 0.600. The number of benzene rings is 1. The predicted molar refractivity (Wildman–Crippen MR) is 71.5 cm³/mol. The molecular formula is C13H12BrN3. The molecule has 0 aliphatic carbocycles. The number of nitrogen functional groups attached to an aromatic ring is 1. The highest BCUT2D eigenvalue weighted by Crippen LogP contribution is 2.19. The van der Waals surface area contributed by atoms with Crippen molar-refractivity contribution in [1.29, 1.82) is 5.26 Å². The van der Waals surface area contributed by atoms with Gasteiger partial charge in [-0.05, 0) is 30.7 Å². The first kappa shape index (κ1) is 11.7. The standard InChI is InChI=1S/C13H12BrN3/c1-9-13(16)6-12(7-15)17(9)8-10-2-4-11(14)5-3-10/h2-6H,8,16H2,1H3. The molecule has 0 aliphatic rings. The predicted octanol–water partition coefficient (Wildman–Crippen LogP) is 3.06. The van der Waals surface area contributed by atoms with Crippen molar-refractivity contribution in [2.45, 2.75) is 13.5 Å². The summed E-state index contributed by atoms with van der Waals surface area (Å²) in [7, 11) is 0. The van der Waals surface area contributed by atoms with E-state index in [1.165, 1.54) is 0 Å². The van der Waals surface area contributed by atoms with Crippen LogP contribution in [-0.2, 0) is 6.54 Å². The molecule has 2 aromatic rings. The van der Waals surface area contributed by atoms with Crippen LogP contribution < -0.4 is 5.73 Å². The molecule has 2 N–H and O–H groups in total. The Morgan fingerprint density at radius 2 is 2.00 bits per heavy atom. The maximum absolute atomic E-state index is 9.04. The summed E-state index contributed by atoms with van der Waals surface area (Å²) in [5.41, 5.74) is 9.16. The minimum Gasteiger partial charge on any atom is -0.397 e. The fourth-order valence-electron chi connectivity index (χ4n) is 1.73. The summed E-state index contributed by atoms with van der Waals surface area (Å²) in [6.07, 6.45) is 0. The van der Waals surface area contributed by atoms with Crippen LogP contribution >= 0.6 is 15.9 Å². The van der Waals surface area contributed by atoms with Gasteiger partial charge in [0.1, 0.15) is 11.8 Å². The molecule has 1 aromatic heterocycles. The van der Waals surface area contributed by atoms with E-state index in [-0.39, 0.29) is 0 Å². The number of halogens is 1. The molecule has 0 saturated heterocycles. The van der Waals surface area contributed by atoms with Gasteiger partial charge in [-0.2, -0.15) is 5.26 Å². The van der Waals surface area contributed by atoms with E-state index in [0.717, 1.165) is 15.7 Å². The summed E-state index contributed by atoms with van der Waals surface area (Å²) in [4.78, 5) is 0. The molecular weight excluding hydrogens is 278 g/mol. The van der Waals surface area contributed by atoms with Crippen molar-refractivity contribution in [2.75, 3.05) is 5.73 Å². The summed E-state index contributed by atoms with van der Waals surface area (Å²) in [5.74, 6) is 0. The van der Waals surface area contributed by atoms with E-state index in [0.29, 0.717) is 17.9 Å². The van der Waals surface area contributed by atoms with E-state index < -0.39 is 0 Å². The quantitative estimate of drug-likeness (QED) is 0.924. The molecule has 0 radical (unpaired) electrons. The van der Waals surface area contributed by atoms with Crippen LogP contribution in [0.1, 0.15) is 17.0 Å². The van der Waals surface area contributed by atoms with Gasteiger partial charge < -0.3 is 10.3 Å². The van der Waals surface area contributed by atoms with Gasteiger partial charge in [-0.15, -0.1) is 0 Å². The van der Waals surface area contributed by atoms with Crippen LogP contribution in [0.5, 0.6) is 0 Å². The molecule has 4 heteroatoms. The van der Waals surface area contributed by atoms with Gasteiger partial charge in [0.25, 0.3) is 0 Å². The molecule has 0 unspecified atom stereocenters. The summed E-state index contributed by atoms with van der Waals surface area (Å²) in [6, 6.07) is 11.9. The molecule has 1 aromatic carbocycles. The van der Waals surface area contributed by atoms with Crippen molar-refractivity contribution in [1.82, 2.24) is 4.57 Å². The Hall–Kier alpha value is -1.73. The monoisotopic (exact) mass is 289 g/mol. The van der Waals surface area contributed by atoms with Crippen LogP contribution in [0.4, 0.5) is 5.69 Å². The Bertz CT molecular complexity index is 576. The number of aromatic nitrogens is 1. The normalized spacial score (nSPS) is 10.2. The summed E-state index contributed by atoms with van der Waals surface area (Å²) < 4.78 is 2.98. The zero-order valence-corrected chi connectivity index (χ0v) is 11.0. The van der Waals surface area contributed by atoms with Gasteiger partial charge in [0.2, 0.25) is 0 Å². The summed E-state index contributed by atoms with van der Waals surface area (Å²) in [6.45, 7) is 2.59. The van der Waals surface area contributed by atoms with Crippen LogP contribution in [0, 0.1) is 18.3 Å². The van der Waals surface area contributed by atoms with E-state index in [4.69, 9.17) is 11.0 Å². The molecule has 0 fully saturated rings. The molecule has 0 spiro atoms. The van der Waals surface area contributed by atoms with Crippen LogP contribution in [0.15, 0.2) is 34.8 Å². The average Bonchev–Trinajstić information content (AvgIpc) is 2.59. The topological polar surface area (TPSA) is 54.7 Å². The van der Waals surface area contributed by atoms with Crippen molar-refractivity contribution in [3.05, 3.63) is 51.8 Å². The van der Waals surface area contributed by atoms with Crippen molar-refractivity contribution < 1.29 is 0 Å². The van der Waals surface area contributed by atoms with Gasteiger partial charge in [-0.25, -0.2) is 0 Å².